The molecule has 2 aromatic heterocycles. The van der Waals surface area contributed by atoms with Gasteiger partial charge in [-0.25, -0.2) is 19.1 Å². The second kappa shape index (κ2) is 36.8. The number of aromatic nitrogens is 2. The van der Waals surface area contributed by atoms with E-state index >= 15 is 4.39 Å². The molecule has 15 amide bonds. The number of fused-ring (bicyclic) bond motifs is 5. The summed E-state index contributed by atoms with van der Waals surface area (Å²) in [5.74, 6) is -11.6. The largest absolute Gasteiger partial charge is 0.493 e. The number of nitrogens with one attached hydrogen (secondary N) is 2. The van der Waals surface area contributed by atoms with Crippen LogP contribution in [0.25, 0.3) is 22.3 Å². The number of ketones is 1. The lowest BCUT2D eigenvalue weighted by Gasteiger charge is -2.31. The second-order valence-electron chi connectivity index (χ2n) is 29.0. The number of hydrogen-bond acceptors (Lipinski definition) is 22. The summed E-state index contributed by atoms with van der Waals surface area (Å²) in [7, 11) is 13.3. The number of amides is 15. The lowest BCUT2D eigenvalue weighted by atomic mass is 9.81. The summed E-state index contributed by atoms with van der Waals surface area (Å²) >= 11 is 0. The minimum absolute atomic E-state index is 0.0508. The number of nitrogens with zero attached hydrogens (tertiary/aromatic N) is 13. The van der Waals surface area contributed by atoms with E-state index in [0.29, 0.717) is 33.2 Å². The van der Waals surface area contributed by atoms with E-state index in [4.69, 9.17) is 20.2 Å². The van der Waals surface area contributed by atoms with Crippen LogP contribution in [0.2, 0.25) is 0 Å². The molecule has 2 aromatic carbocycles. The first-order valence-electron chi connectivity index (χ1n) is 36.5. The summed E-state index contributed by atoms with van der Waals surface area (Å²) in [5.41, 5.74) is 6.30. The maximum atomic E-state index is 15.7. The minimum Gasteiger partial charge on any atom is -0.493 e. The third kappa shape index (κ3) is 20.3. The smallest absolute Gasteiger partial charge is 0.343 e. The zero-order valence-corrected chi connectivity index (χ0v) is 65.9. The van der Waals surface area contributed by atoms with Gasteiger partial charge in [-0.15, -0.1) is 0 Å². The SMILES string of the molecule is CC[C@@]1(O)C(=O)OCc2c1cc1n(c2=O)Cc2c-1nc1cc(F)c(C)c3c1c2[C@@H](NC(=O)[C@H](CC(N)=O)NC(=O)CCc1ccc(N2C(=O)C=CC2=O)cc1OCCCC(=O)N(C)CC(=O)N(C)CC(=O)N(C)CC(=O)N(C)CC(=O)N(C)CC(=O)N(C)CC(=O)N(C)CC(=O)N(C)CC(=O)N(C)CC(=O)N(C)CC(C)=O)CC3. The fourth-order valence-electron chi connectivity index (χ4n) is 13.3. The highest BCUT2D eigenvalue weighted by Crippen LogP contribution is 2.46. The molecule has 3 atom stereocenters. The first-order chi connectivity index (χ1) is 53.5. The number of carbonyl (C=O) groups excluding carboxylic acids is 17. The molecule has 3 aliphatic heterocycles. The number of likely N-dealkylation sites (N-methyl/N-ethyl adjacent to an activating group) is 10. The van der Waals surface area contributed by atoms with Crippen molar-refractivity contribution in [1.82, 2.24) is 69.2 Å². The normalized spacial score (nSPS) is 15.1. The van der Waals surface area contributed by atoms with Gasteiger partial charge < -0.3 is 84.5 Å². The van der Waals surface area contributed by atoms with Crippen LogP contribution in [-0.2, 0) is 118 Å². The van der Waals surface area contributed by atoms with Crippen LogP contribution in [0.3, 0.4) is 0 Å². The predicted octanol–water partition coefficient (Wildman–Crippen LogP) is -2.61. The molecule has 5 N–H and O–H groups in total. The molecule has 612 valence electrons. The number of cyclic esters (lactones) is 1. The highest BCUT2D eigenvalue weighted by Gasteiger charge is 2.46. The van der Waals surface area contributed by atoms with Crippen LogP contribution in [0.5, 0.6) is 5.75 Å². The molecule has 114 heavy (non-hydrogen) atoms. The summed E-state index contributed by atoms with van der Waals surface area (Å²) in [5, 5.41) is 17.6. The molecule has 38 heteroatoms. The summed E-state index contributed by atoms with van der Waals surface area (Å²) in [6, 6.07) is 4.74. The van der Waals surface area contributed by atoms with Crippen LogP contribution in [0.1, 0.15) is 97.4 Å². The Hall–Kier alpha value is -12.4. The van der Waals surface area contributed by atoms with Crippen molar-refractivity contribution in [3.63, 3.8) is 0 Å². The van der Waals surface area contributed by atoms with E-state index < -0.39 is 182 Å². The Morgan fingerprint density at radius 1 is 0.640 bits per heavy atom. The molecule has 0 saturated heterocycles. The molecular formula is C76H95FN16O21. The fourth-order valence-corrected chi connectivity index (χ4v) is 13.3. The highest BCUT2D eigenvalue weighted by molar-refractivity contribution is 6.28. The van der Waals surface area contributed by atoms with E-state index in [1.807, 2.05) is 0 Å². The first kappa shape index (κ1) is 87.2. The van der Waals surface area contributed by atoms with Crippen molar-refractivity contribution in [3.05, 3.63) is 97.6 Å². The number of carbonyl (C=O) groups is 17. The van der Waals surface area contributed by atoms with Gasteiger partial charge in [0.1, 0.15) is 30.0 Å². The number of imide groups is 1. The molecule has 0 radical (unpaired) electrons. The van der Waals surface area contributed by atoms with Gasteiger partial charge in [-0.2, -0.15) is 0 Å². The molecule has 0 spiro atoms. The molecular weight excluding hydrogens is 1490 g/mol. The third-order valence-corrected chi connectivity index (χ3v) is 20.4. The van der Waals surface area contributed by atoms with Crippen LogP contribution in [-0.4, -0.2) is 313 Å². The molecule has 0 fully saturated rings. The van der Waals surface area contributed by atoms with E-state index in [2.05, 4.69) is 10.6 Å². The number of esters is 1. The average Bonchev–Trinajstić information content (AvgIpc) is 1.51. The van der Waals surface area contributed by atoms with Crippen molar-refractivity contribution in [2.45, 2.75) is 103 Å². The van der Waals surface area contributed by atoms with Crippen LogP contribution in [0.15, 0.2) is 47.3 Å². The molecule has 37 nitrogen and oxygen atoms in total. The van der Waals surface area contributed by atoms with Crippen LogP contribution >= 0.6 is 0 Å². The molecule has 5 heterocycles. The van der Waals surface area contributed by atoms with Gasteiger partial charge in [-0.1, -0.05) is 13.0 Å². The van der Waals surface area contributed by atoms with Crippen LogP contribution in [0, 0.1) is 12.7 Å². The van der Waals surface area contributed by atoms with Gasteiger partial charge in [-0.3, -0.25) is 81.5 Å². The number of Topliss-reactive ketones (excluding diaryl/α,β-unsaturated/α-hetero) is 1. The number of hydrogen-bond donors (Lipinski definition) is 4. The molecule has 0 bridgehead atoms. The van der Waals surface area contributed by atoms with E-state index in [0.717, 1.165) is 61.2 Å². The summed E-state index contributed by atoms with van der Waals surface area (Å²) < 4.78 is 28.5. The minimum atomic E-state index is -2.13. The Morgan fingerprint density at radius 2 is 1.11 bits per heavy atom. The second-order valence-corrected chi connectivity index (χ2v) is 29.0. The molecule has 4 aliphatic rings. The van der Waals surface area contributed by atoms with Gasteiger partial charge in [0.2, 0.25) is 76.8 Å². The monoisotopic (exact) mass is 1590 g/mol. The van der Waals surface area contributed by atoms with Crippen molar-refractivity contribution in [1.29, 1.82) is 0 Å². The van der Waals surface area contributed by atoms with Crippen molar-refractivity contribution < 1.29 is 100 Å². The predicted molar refractivity (Wildman–Crippen MR) is 402 cm³/mol. The topological polar surface area (TPSA) is 449 Å². The van der Waals surface area contributed by atoms with E-state index in [1.54, 1.807) is 13.8 Å². The number of aryl methyl sites for hydroxylation is 2. The first-order valence-corrected chi connectivity index (χ1v) is 36.5. The Kier molecular flexibility index (Phi) is 28.2. The maximum absolute atomic E-state index is 15.7. The number of aliphatic hydroxyl groups is 1. The lowest BCUT2D eigenvalue weighted by Crippen LogP contribution is -2.49. The summed E-state index contributed by atoms with van der Waals surface area (Å²) in [6.45, 7) is -0.528. The zero-order valence-electron chi connectivity index (χ0n) is 65.9. The average molecular weight is 1590 g/mol. The summed E-state index contributed by atoms with van der Waals surface area (Å²) in [4.78, 5) is 252. The van der Waals surface area contributed by atoms with Crippen molar-refractivity contribution in [2.24, 2.45) is 5.73 Å². The standard InChI is InChI=1S/C76H95FN16O21/c1-14-76(112)49-27-54-72-47(31-92(54)74(110)48(49)41-114-75(76)111)71-51(21-20-46-43(3)50(77)28-52(80-72)70(46)71)81-73(109)53(29-56(78)95)79-57(96)22-18-44-17-19-45(93-59(98)23-24-60(93)99)26-55(44)113-25-15-16-58(97)83(5)32-62(101)85(7)34-64(103)87(9)36-66(105)89(11)38-68(107)91(13)40-69(108)90(12)39-67(106)88(10)37-65(104)86(8)35-63(102)84(6)33-61(100)82(4)30-42(2)94/h17,19,23-24,26-28,51,53,112H,14-16,18,20-22,25,29-41H2,1-13H3,(H2,78,95)(H,79,96)(H,81,109)/t51-,53-,76-/m0/s1. The fraction of sp³-hybridized carbons (Fsp3) is 0.487. The van der Waals surface area contributed by atoms with Gasteiger partial charge in [0, 0.05) is 124 Å². The van der Waals surface area contributed by atoms with Crippen LogP contribution < -0.4 is 31.6 Å². The molecule has 0 unspecified atom stereocenters. The Morgan fingerprint density at radius 3 is 1.56 bits per heavy atom. The number of anilines is 1. The van der Waals surface area contributed by atoms with Crippen molar-refractivity contribution in [2.75, 3.05) is 147 Å². The quantitative estimate of drug-likeness (QED) is 0.0183. The van der Waals surface area contributed by atoms with Gasteiger partial charge in [0.25, 0.3) is 17.4 Å². The van der Waals surface area contributed by atoms with Gasteiger partial charge in [-0.05, 0) is 80.3 Å². The third-order valence-electron chi connectivity index (χ3n) is 20.4. The van der Waals surface area contributed by atoms with Crippen molar-refractivity contribution in [3.8, 4) is 17.1 Å². The molecule has 4 aromatic rings. The number of pyridine rings is 2. The molecule has 8 rings (SSSR count). The number of halogens is 1. The zero-order chi connectivity index (χ0) is 84.4. The lowest BCUT2D eigenvalue weighted by molar-refractivity contribution is -0.172. The number of primary amides is 1. The van der Waals surface area contributed by atoms with Gasteiger partial charge >= 0.3 is 5.97 Å². The Labute approximate surface area is 654 Å². The summed E-state index contributed by atoms with van der Waals surface area (Å²) in [6.07, 6.45) is 1.35. The molecule has 0 saturated carbocycles. The Balaban J connectivity index is 0.792. The number of benzene rings is 2. The van der Waals surface area contributed by atoms with Crippen LogP contribution in [0.4, 0.5) is 10.1 Å². The molecule has 1 aliphatic carbocycles. The maximum Gasteiger partial charge on any atom is 0.343 e. The van der Waals surface area contributed by atoms with E-state index in [-0.39, 0.29) is 123 Å². The van der Waals surface area contributed by atoms with E-state index in [9.17, 15) is 91.4 Å². The van der Waals surface area contributed by atoms with Gasteiger partial charge in [0.05, 0.1) is 119 Å². The number of ether oxygens (including phenoxy) is 2. The number of rotatable bonds is 35. The number of nitrogens with two attached hydrogens (primary N) is 1. The van der Waals surface area contributed by atoms with E-state index in [1.165, 1.54) is 117 Å². The highest BCUT2D eigenvalue weighted by atomic mass is 19.1. The Bertz CT molecular complexity index is 4720. The van der Waals surface area contributed by atoms with Crippen molar-refractivity contribution >= 4 is 117 Å². The van der Waals surface area contributed by atoms with Gasteiger partial charge in [0.15, 0.2) is 5.60 Å².